The van der Waals surface area contributed by atoms with Gasteiger partial charge in [-0.2, -0.15) is 0 Å². The van der Waals surface area contributed by atoms with Crippen molar-refractivity contribution in [2.75, 3.05) is 5.32 Å². The summed E-state index contributed by atoms with van der Waals surface area (Å²) in [5.41, 5.74) is 0. The fourth-order valence-electron chi connectivity index (χ4n) is 1.80. The van der Waals surface area contributed by atoms with Gasteiger partial charge in [0.15, 0.2) is 0 Å². The van der Waals surface area contributed by atoms with E-state index in [0.29, 0.717) is 0 Å². The van der Waals surface area contributed by atoms with Crippen LogP contribution in [0, 0.1) is 0 Å². The molecule has 0 aromatic carbocycles. The van der Waals surface area contributed by atoms with E-state index in [4.69, 9.17) is 0 Å². The molecule has 1 heterocycles. The minimum Gasteiger partial charge on any atom is -0.391 e. The van der Waals surface area contributed by atoms with E-state index < -0.39 is 12.1 Å². The van der Waals surface area contributed by atoms with Crippen molar-refractivity contribution in [1.82, 2.24) is 25.9 Å². The number of aromatic amines is 1. The number of H-pyrrole nitrogens is 1. The Bertz CT molecular complexity index is 340. The van der Waals surface area contributed by atoms with Crippen LogP contribution >= 0.6 is 0 Å². The van der Waals surface area contributed by atoms with Gasteiger partial charge in [-0.25, -0.2) is 9.89 Å². The van der Waals surface area contributed by atoms with Crippen molar-refractivity contribution >= 4 is 12.0 Å². The van der Waals surface area contributed by atoms with Gasteiger partial charge in [0.05, 0.1) is 12.1 Å². The molecule has 4 N–H and O–H groups in total. The quantitative estimate of drug-likeness (QED) is 0.548. The zero-order chi connectivity index (χ0) is 11.4. The monoisotopic (exact) mass is 226 g/mol. The molecule has 0 radical (unpaired) electrons. The van der Waals surface area contributed by atoms with Gasteiger partial charge in [-0.05, 0) is 23.3 Å². The smallest absolute Gasteiger partial charge is 0.321 e. The molecule has 2 unspecified atom stereocenters. The lowest BCUT2D eigenvalue weighted by molar-refractivity contribution is 0.0955. The summed E-state index contributed by atoms with van der Waals surface area (Å²) in [6.45, 7) is 0. The van der Waals surface area contributed by atoms with Gasteiger partial charge in [0.25, 0.3) is 0 Å². The number of rotatable bonds is 2. The van der Waals surface area contributed by atoms with Crippen LogP contribution in [-0.4, -0.2) is 43.9 Å². The maximum absolute atomic E-state index is 11.5. The van der Waals surface area contributed by atoms with Crippen LogP contribution in [0.15, 0.2) is 0 Å². The number of amides is 2. The largest absolute Gasteiger partial charge is 0.391 e. The van der Waals surface area contributed by atoms with Crippen LogP contribution in [0.3, 0.4) is 0 Å². The van der Waals surface area contributed by atoms with Gasteiger partial charge in [-0.15, -0.1) is 0 Å². The second kappa shape index (κ2) is 4.88. The molecule has 16 heavy (non-hydrogen) atoms. The van der Waals surface area contributed by atoms with Gasteiger partial charge in [0.1, 0.15) is 0 Å². The van der Waals surface area contributed by atoms with Gasteiger partial charge in [0.2, 0.25) is 5.95 Å². The van der Waals surface area contributed by atoms with Crippen molar-refractivity contribution in [2.24, 2.45) is 0 Å². The molecule has 0 spiro atoms. The first-order valence-corrected chi connectivity index (χ1v) is 5.25. The Balaban J connectivity index is 1.82. The van der Waals surface area contributed by atoms with Crippen LogP contribution in [-0.2, 0) is 0 Å². The molecule has 1 fully saturated rings. The van der Waals surface area contributed by atoms with Gasteiger partial charge in [-0.3, -0.25) is 5.32 Å². The lowest BCUT2D eigenvalue weighted by Crippen LogP contribution is -2.46. The molecule has 2 rings (SSSR count). The lowest BCUT2D eigenvalue weighted by Gasteiger charge is -2.28. The number of urea groups is 1. The average molecular weight is 226 g/mol. The summed E-state index contributed by atoms with van der Waals surface area (Å²) in [5.74, 6) is 0.183. The summed E-state index contributed by atoms with van der Waals surface area (Å²) in [6.07, 6.45) is 3.09. The van der Waals surface area contributed by atoms with Crippen molar-refractivity contribution in [3.8, 4) is 0 Å². The van der Waals surface area contributed by atoms with E-state index in [-0.39, 0.29) is 12.0 Å². The molecule has 0 aliphatic heterocycles. The van der Waals surface area contributed by atoms with Gasteiger partial charge >= 0.3 is 6.03 Å². The summed E-state index contributed by atoms with van der Waals surface area (Å²) >= 11 is 0. The topological polar surface area (TPSA) is 116 Å². The summed E-state index contributed by atoms with van der Waals surface area (Å²) in [4.78, 5) is 11.5. The number of hydrogen-bond donors (Lipinski definition) is 4. The molecule has 0 bridgehead atoms. The third-order valence-corrected chi connectivity index (χ3v) is 2.62. The fraction of sp³-hybridized carbons (Fsp3) is 0.750. The Kier molecular flexibility index (Phi) is 3.30. The number of tetrazole rings is 1. The third kappa shape index (κ3) is 2.66. The predicted octanol–water partition coefficient (Wildman–Crippen LogP) is -0.375. The fourth-order valence-corrected chi connectivity index (χ4v) is 1.80. The highest BCUT2D eigenvalue weighted by atomic mass is 16.3. The second-order valence-corrected chi connectivity index (χ2v) is 3.81. The average Bonchev–Trinajstić information content (AvgIpc) is 2.74. The minimum absolute atomic E-state index is 0.183. The summed E-state index contributed by atoms with van der Waals surface area (Å²) in [5, 5.41) is 27.4. The van der Waals surface area contributed by atoms with Crippen LogP contribution in [0.5, 0.6) is 0 Å². The number of aliphatic hydroxyl groups excluding tert-OH is 1. The van der Waals surface area contributed by atoms with E-state index in [0.717, 1.165) is 25.7 Å². The number of nitrogens with one attached hydrogen (secondary N) is 3. The van der Waals surface area contributed by atoms with Crippen LogP contribution in [0.1, 0.15) is 25.7 Å². The molecule has 1 aliphatic rings. The second-order valence-electron chi connectivity index (χ2n) is 3.81. The maximum Gasteiger partial charge on any atom is 0.321 e. The van der Waals surface area contributed by atoms with Crippen LogP contribution in [0.25, 0.3) is 0 Å². The molecule has 1 aliphatic carbocycles. The van der Waals surface area contributed by atoms with E-state index in [2.05, 4.69) is 31.3 Å². The highest BCUT2D eigenvalue weighted by Gasteiger charge is 2.24. The summed E-state index contributed by atoms with van der Waals surface area (Å²) in [7, 11) is 0. The highest BCUT2D eigenvalue weighted by molar-refractivity contribution is 5.87. The highest BCUT2D eigenvalue weighted by Crippen LogP contribution is 2.18. The number of hydrogen-bond acceptors (Lipinski definition) is 5. The molecule has 8 nitrogen and oxygen atoms in total. The molecule has 2 amide bonds. The van der Waals surface area contributed by atoms with Crippen molar-refractivity contribution in [1.29, 1.82) is 0 Å². The molecular weight excluding hydrogens is 212 g/mol. The van der Waals surface area contributed by atoms with E-state index in [1.807, 2.05) is 0 Å². The SMILES string of the molecule is O=C(Nc1nnn[nH]1)NC1CCCCC1O. The van der Waals surface area contributed by atoms with Crippen molar-refractivity contribution < 1.29 is 9.90 Å². The van der Waals surface area contributed by atoms with Crippen molar-refractivity contribution in [2.45, 2.75) is 37.8 Å². The molecule has 0 saturated heterocycles. The normalized spacial score (nSPS) is 25.1. The zero-order valence-corrected chi connectivity index (χ0v) is 8.68. The number of carbonyl (C=O) groups excluding carboxylic acids is 1. The van der Waals surface area contributed by atoms with Gasteiger partial charge in [-0.1, -0.05) is 17.9 Å². The van der Waals surface area contributed by atoms with Crippen molar-refractivity contribution in [3.05, 3.63) is 0 Å². The lowest BCUT2D eigenvalue weighted by atomic mass is 9.93. The summed E-state index contributed by atoms with van der Waals surface area (Å²) < 4.78 is 0. The van der Waals surface area contributed by atoms with E-state index in [1.54, 1.807) is 0 Å². The molecule has 1 saturated carbocycles. The minimum atomic E-state index is -0.465. The Hall–Kier alpha value is -1.70. The molecule has 8 heteroatoms. The van der Waals surface area contributed by atoms with Crippen LogP contribution in [0.4, 0.5) is 10.7 Å². The third-order valence-electron chi connectivity index (χ3n) is 2.62. The predicted molar refractivity (Wildman–Crippen MR) is 54.6 cm³/mol. The Morgan fingerprint density at radius 1 is 1.44 bits per heavy atom. The number of anilines is 1. The Morgan fingerprint density at radius 3 is 2.94 bits per heavy atom. The van der Waals surface area contributed by atoms with E-state index in [1.165, 1.54) is 0 Å². The van der Waals surface area contributed by atoms with Gasteiger partial charge < -0.3 is 10.4 Å². The van der Waals surface area contributed by atoms with Crippen LogP contribution in [0.2, 0.25) is 0 Å². The standard InChI is InChI=1S/C8H14N6O2/c15-6-4-2-1-3-5(6)9-8(16)10-7-11-13-14-12-7/h5-6,15H,1-4H2,(H3,9,10,11,12,13,14,16). The summed E-state index contributed by atoms with van der Waals surface area (Å²) in [6, 6.07) is -0.603. The number of nitrogens with zero attached hydrogens (tertiary/aromatic N) is 3. The number of aliphatic hydroxyl groups is 1. The molecule has 2 atom stereocenters. The molecule has 88 valence electrons. The van der Waals surface area contributed by atoms with E-state index in [9.17, 15) is 9.90 Å². The number of aromatic nitrogens is 4. The Morgan fingerprint density at radius 2 is 2.25 bits per heavy atom. The first-order valence-electron chi connectivity index (χ1n) is 5.25. The first kappa shape index (κ1) is 10.8. The zero-order valence-electron chi connectivity index (χ0n) is 8.68. The van der Waals surface area contributed by atoms with Crippen molar-refractivity contribution in [3.63, 3.8) is 0 Å². The molecule has 1 aromatic heterocycles. The first-order chi connectivity index (χ1) is 7.75. The molecule has 1 aromatic rings. The van der Waals surface area contributed by atoms with Gasteiger partial charge in [0, 0.05) is 0 Å². The van der Waals surface area contributed by atoms with Crippen LogP contribution < -0.4 is 10.6 Å². The van der Waals surface area contributed by atoms with E-state index >= 15 is 0 Å². The Labute approximate surface area is 91.8 Å². The maximum atomic E-state index is 11.5. The molecular formula is C8H14N6O2. The number of carbonyl (C=O) groups is 1.